The van der Waals surface area contributed by atoms with E-state index in [1.54, 1.807) is 6.92 Å². The summed E-state index contributed by atoms with van der Waals surface area (Å²) in [4.78, 5) is 1.25. The number of rotatable bonds is 4. The van der Waals surface area contributed by atoms with E-state index in [0.29, 0.717) is 11.2 Å². The molecule has 0 aromatic heterocycles. The van der Waals surface area contributed by atoms with E-state index in [0.717, 1.165) is 10.0 Å². The molecule has 1 N–H and O–H groups in total. The Morgan fingerprint density at radius 2 is 1.81 bits per heavy atom. The third-order valence-electron chi connectivity index (χ3n) is 2.68. The van der Waals surface area contributed by atoms with Crippen molar-refractivity contribution < 1.29 is 5.11 Å². The van der Waals surface area contributed by atoms with E-state index >= 15 is 0 Å². The van der Waals surface area contributed by atoms with Crippen molar-refractivity contribution in [3.8, 4) is 0 Å². The largest absolute Gasteiger partial charge is 0.389 e. The van der Waals surface area contributed by atoms with Gasteiger partial charge in [-0.2, -0.15) is 0 Å². The molecule has 0 saturated carbocycles. The van der Waals surface area contributed by atoms with Crippen LogP contribution in [-0.4, -0.2) is 10.4 Å². The van der Waals surface area contributed by atoms with Crippen LogP contribution in [0.1, 0.15) is 39.4 Å². The first-order valence-corrected chi connectivity index (χ1v) is 7.23. The van der Waals surface area contributed by atoms with Crippen molar-refractivity contribution in [3.63, 3.8) is 0 Å². The van der Waals surface area contributed by atoms with Crippen LogP contribution in [0.5, 0.6) is 0 Å². The molecule has 1 nitrogen and oxygen atoms in total. The second kappa shape index (κ2) is 6.08. The van der Waals surface area contributed by atoms with Gasteiger partial charge in [-0.25, -0.2) is 0 Å². The number of halogens is 1. The van der Waals surface area contributed by atoms with E-state index in [2.05, 4.69) is 48.8 Å². The van der Waals surface area contributed by atoms with Gasteiger partial charge >= 0.3 is 0 Å². The van der Waals surface area contributed by atoms with E-state index in [1.165, 1.54) is 4.90 Å². The third-order valence-corrected chi connectivity index (χ3v) is 4.81. The molecular weight excluding hydrogens is 284 g/mol. The molecule has 0 heterocycles. The Bertz CT molecular complexity index is 350. The molecule has 0 bridgehead atoms. The Kier molecular flexibility index (Phi) is 5.35. The number of benzene rings is 1. The maximum absolute atomic E-state index is 9.53. The topological polar surface area (TPSA) is 20.2 Å². The maximum atomic E-state index is 9.53. The normalized spacial score (nSPS) is 15.2. The second-order valence-electron chi connectivity index (χ2n) is 4.43. The summed E-state index contributed by atoms with van der Waals surface area (Å²) in [6, 6.07) is 6.16. The fraction of sp³-hybridized carbons (Fsp3) is 0.538. The van der Waals surface area contributed by atoms with Crippen LogP contribution in [-0.2, 0) is 0 Å². The monoisotopic (exact) mass is 302 g/mol. The summed E-state index contributed by atoms with van der Waals surface area (Å²) >= 11 is 5.38. The SMILES string of the molecule is CC(C)C(C)Sc1ccc([C@H](C)O)c(Br)c1. The Morgan fingerprint density at radius 3 is 2.25 bits per heavy atom. The highest BCUT2D eigenvalue weighted by Crippen LogP contribution is 2.32. The van der Waals surface area contributed by atoms with Crippen LogP contribution < -0.4 is 0 Å². The first-order chi connectivity index (χ1) is 7.41. The zero-order valence-corrected chi connectivity index (χ0v) is 12.6. The summed E-state index contributed by atoms with van der Waals surface area (Å²) in [5, 5.41) is 10.1. The molecule has 0 radical (unpaired) electrons. The van der Waals surface area contributed by atoms with Crippen LogP contribution >= 0.6 is 27.7 Å². The highest BCUT2D eigenvalue weighted by atomic mass is 79.9. The van der Waals surface area contributed by atoms with Gasteiger partial charge in [-0.15, -0.1) is 11.8 Å². The molecule has 1 unspecified atom stereocenters. The number of thioether (sulfide) groups is 1. The molecule has 3 heteroatoms. The minimum atomic E-state index is -0.420. The average molecular weight is 303 g/mol. The Hall–Kier alpha value is 0.01000. The molecule has 0 aliphatic heterocycles. The van der Waals surface area contributed by atoms with Gasteiger partial charge in [0.15, 0.2) is 0 Å². The lowest BCUT2D eigenvalue weighted by molar-refractivity contribution is 0.198. The van der Waals surface area contributed by atoms with Crippen LogP contribution in [0.25, 0.3) is 0 Å². The summed E-state index contributed by atoms with van der Waals surface area (Å²) < 4.78 is 0.989. The van der Waals surface area contributed by atoms with E-state index in [9.17, 15) is 5.11 Å². The highest BCUT2D eigenvalue weighted by molar-refractivity contribution is 9.10. The maximum Gasteiger partial charge on any atom is 0.0772 e. The molecule has 1 aromatic carbocycles. The third kappa shape index (κ3) is 3.79. The number of aliphatic hydroxyl groups excluding tert-OH is 1. The molecule has 2 atom stereocenters. The fourth-order valence-corrected chi connectivity index (χ4v) is 3.17. The van der Waals surface area contributed by atoms with Crippen molar-refractivity contribution in [3.05, 3.63) is 28.2 Å². The van der Waals surface area contributed by atoms with Gasteiger partial charge in [-0.3, -0.25) is 0 Å². The molecule has 0 aliphatic carbocycles. The first-order valence-electron chi connectivity index (χ1n) is 5.56. The highest BCUT2D eigenvalue weighted by Gasteiger charge is 2.11. The van der Waals surface area contributed by atoms with Crippen LogP contribution in [0.3, 0.4) is 0 Å². The average Bonchev–Trinajstić information content (AvgIpc) is 2.16. The Morgan fingerprint density at radius 1 is 1.19 bits per heavy atom. The van der Waals surface area contributed by atoms with Crippen molar-refractivity contribution in [2.24, 2.45) is 5.92 Å². The minimum Gasteiger partial charge on any atom is -0.389 e. The predicted octanol–water partition coefficient (Wildman–Crippen LogP) is 4.64. The van der Waals surface area contributed by atoms with Gasteiger partial charge in [0.05, 0.1) is 6.10 Å². The molecule has 0 amide bonds. The quantitative estimate of drug-likeness (QED) is 0.818. The van der Waals surface area contributed by atoms with E-state index in [1.807, 2.05) is 17.8 Å². The van der Waals surface area contributed by atoms with Gasteiger partial charge < -0.3 is 5.11 Å². The molecule has 0 saturated heterocycles. The van der Waals surface area contributed by atoms with Crippen LogP contribution in [0.4, 0.5) is 0 Å². The lowest BCUT2D eigenvalue weighted by Crippen LogP contribution is -2.05. The summed E-state index contributed by atoms with van der Waals surface area (Å²) in [7, 11) is 0. The zero-order valence-electron chi connectivity index (χ0n) is 10.2. The Balaban J connectivity index is 2.81. The van der Waals surface area contributed by atoms with Crippen molar-refractivity contribution in [1.82, 2.24) is 0 Å². The predicted molar refractivity (Wildman–Crippen MR) is 74.9 cm³/mol. The molecule has 0 fully saturated rings. The summed E-state index contributed by atoms with van der Waals surface area (Å²) in [6.45, 7) is 8.49. The van der Waals surface area contributed by atoms with Gasteiger partial charge in [0.25, 0.3) is 0 Å². The van der Waals surface area contributed by atoms with Crippen molar-refractivity contribution in [1.29, 1.82) is 0 Å². The van der Waals surface area contributed by atoms with Gasteiger partial charge in [0.1, 0.15) is 0 Å². The van der Waals surface area contributed by atoms with Gasteiger partial charge in [0.2, 0.25) is 0 Å². The van der Waals surface area contributed by atoms with Crippen molar-refractivity contribution >= 4 is 27.7 Å². The van der Waals surface area contributed by atoms with Crippen LogP contribution in [0.15, 0.2) is 27.6 Å². The summed E-state index contributed by atoms with van der Waals surface area (Å²) in [5.74, 6) is 0.667. The second-order valence-corrected chi connectivity index (χ2v) is 6.73. The van der Waals surface area contributed by atoms with E-state index < -0.39 is 6.10 Å². The van der Waals surface area contributed by atoms with Crippen LogP contribution in [0, 0.1) is 5.92 Å². The molecule has 1 rings (SSSR count). The fourth-order valence-electron chi connectivity index (χ4n) is 1.27. The standard InChI is InChI=1S/C13H19BrOS/c1-8(2)10(4)16-11-5-6-12(9(3)15)13(14)7-11/h5-10,15H,1-4H3/t9-,10?/m0/s1. The Labute approximate surface area is 111 Å². The van der Waals surface area contributed by atoms with Crippen molar-refractivity contribution in [2.45, 2.75) is 43.9 Å². The molecule has 0 spiro atoms. The summed E-state index contributed by atoms with van der Waals surface area (Å²) in [5.41, 5.74) is 0.946. The van der Waals surface area contributed by atoms with Gasteiger partial charge in [0, 0.05) is 14.6 Å². The molecule has 0 aliphatic rings. The molecule has 1 aromatic rings. The smallest absolute Gasteiger partial charge is 0.0772 e. The van der Waals surface area contributed by atoms with Gasteiger partial charge in [-0.1, -0.05) is 42.8 Å². The zero-order chi connectivity index (χ0) is 12.3. The number of aliphatic hydroxyl groups is 1. The molecule has 16 heavy (non-hydrogen) atoms. The lowest BCUT2D eigenvalue weighted by atomic mass is 10.1. The van der Waals surface area contributed by atoms with Crippen molar-refractivity contribution in [2.75, 3.05) is 0 Å². The van der Waals surface area contributed by atoms with E-state index in [4.69, 9.17) is 0 Å². The number of hydrogen-bond donors (Lipinski definition) is 1. The first kappa shape index (κ1) is 14.1. The minimum absolute atomic E-state index is 0.420. The van der Waals surface area contributed by atoms with Gasteiger partial charge in [-0.05, 0) is 30.5 Å². The van der Waals surface area contributed by atoms with Crippen LogP contribution in [0.2, 0.25) is 0 Å². The molecular formula is C13H19BrOS. The molecule has 90 valence electrons. The number of hydrogen-bond acceptors (Lipinski definition) is 2. The summed E-state index contributed by atoms with van der Waals surface area (Å²) in [6.07, 6.45) is -0.420. The lowest BCUT2D eigenvalue weighted by Gasteiger charge is -2.16. The van der Waals surface area contributed by atoms with E-state index in [-0.39, 0.29) is 0 Å².